The average molecular weight is 453 g/mol. The third-order valence-electron chi connectivity index (χ3n) is 6.70. The minimum Gasteiger partial charge on any atom is -0.496 e. The molecule has 0 radical (unpaired) electrons. The van der Waals surface area contributed by atoms with Crippen molar-refractivity contribution in [2.24, 2.45) is 17.8 Å². The Bertz CT molecular complexity index is 976. The molecule has 2 aliphatic rings. The van der Waals surface area contributed by atoms with Crippen molar-refractivity contribution in [1.82, 2.24) is 10.2 Å². The van der Waals surface area contributed by atoms with Crippen LogP contribution in [0.1, 0.15) is 71.3 Å². The van der Waals surface area contributed by atoms with Crippen molar-refractivity contribution in [3.63, 3.8) is 0 Å². The molecule has 1 aromatic heterocycles. The molecule has 2 atom stereocenters. The highest BCUT2D eigenvalue weighted by Gasteiger charge is 2.47. The number of benzene rings is 1. The molecule has 1 heterocycles. The Morgan fingerprint density at radius 1 is 1.09 bits per heavy atom. The summed E-state index contributed by atoms with van der Waals surface area (Å²) in [6.45, 7) is 8.71. The summed E-state index contributed by atoms with van der Waals surface area (Å²) < 4.78 is 17.2. The van der Waals surface area contributed by atoms with Crippen LogP contribution in [0.5, 0.6) is 11.6 Å². The molecule has 33 heavy (non-hydrogen) atoms. The number of aromatic nitrogens is 2. The summed E-state index contributed by atoms with van der Waals surface area (Å²) in [6, 6.07) is 8.01. The summed E-state index contributed by atoms with van der Waals surface area (Å²) in [4.78, 5) is 12.5. The summed E-state index contributed by atoms with van der Waals surface area (Å²) in [5.41, 5.74) is 2.49. The van der Waals surface area contributed by atoms with E-state index in [-0.39, 0.29) is 17.8 Å². The van der Waals surface area contributed by atoms with Crippen LogP contribution in [0.15, 0.2) is 30.5 Å². The van der Waals surface area contributed by atoms with Crippen LogP contribution < -0.4 is 9.47 Å². The van der Waals surface area contributed by atoms with Gasteiger partial charge in [-0.2, -0.15) is 5.10 Å². The quantitative estimate of drug-likeness (QED) is 0.494. The second kappa shape index (κ2) is 9.70. The van der Waals surface area contributed by atoms with Crippen molar-refractivity contribution in [2.75, 3.05) is 13.7 Å². The minimum atomic E-state index is -0.481. The van der Waals surface area contributed by atoms with Gasteiger partial charge in [-0.3, -0.25) is 4.79 Å². The molecule has 2 saturated carbocycles. The summed E-state index contributed by atoms with van der Waals surface area (Å²) in [5, 5.41) is 8.35. The highest BCUT2D eigenvalue weighted by Crippen LogP contribution is 2.52. The molecule has 2 aromatic rings. The van der Waals surface area contributed by atoms with Crippen LogP contribution >= 0.6 is 0 Å². The van der Waals surface area contributed by atoms with E-state index in [0.717, 1.165) is 34.8 Å². The highest BCUT2D eigenvalue weighted by molar-refractivity contribution is 5.78. The van der Waals surface area contributed by atoms with Gasteiger partial charge in [-0.1, -0.05) is 25.8 Å². The third-order valence-corrected chi connectivity index (χ3v) is 6.70. The molecule has 6 heteroatoms. The van der Waals surface area contributed by atoms with Gasteiger partial charge in [-0.25, -0.2) is 0 Å². The lowest BCUT2D eigenvalue weighted by atomic mass is 9.83. The molecule has 0 saturated heterocycles. The van der Waals surface area contributed by atoms with Gasteiger partial charge < -0.3 is 14.2 Å². The first-order valence-electron chi connectivity index (χ1n) is 12.1. The molecule has 4 rings (SSSR count). The number of carbonyl (C=O) groups excluding carboxylic acids is 1. The number of ether oxygens (including phenoxy) is 3. The van der Waals surface area contributed by atoms with E-state index >= 15 is 0 Å². The van der Waals surface area contributed by atoms with Gasteiger partial charge in [-0.05, 0) is 75.1 Å². The van der Waals surface area contributed by atoms with E-state index in [1.165, 1.54) is 25.7 Å². The van der Waals surface area contributed by atoms with E-state index in [0.29, 0.717) is 18.4 Å². The Morgan fingerprint density at radius 2 is 1.85 bits per heavy atom. The van der Waals surface area contributed by atoms with Crippen molar-refractivity contribution >= 4 is 5.97 Å². The smallest absolute Gasteiger partial charge is 0.310 e. The van der Waals surface area contributed by atoms with Crippen LogP contribution in [-0.4, -0.2) is 35.5 Å². The number of hydrogen-bond donors (Lipinski definition) is 0. The minimum absolute atomic E-state index is 0.106. The Balaban J connectivity index is 1.46. The number of nitrogens with zero attached hydrogens (tertiary/aromatic N) is 2. The predicted molar refractivity (Wildman–Crippen MR) is 127 cm³/mol. The monoisotopic (exact) mass is 452 g/mol. The van der Waals surface area contributed by atoms with Crippen LogP contribution in [0.4, 0.5) is 0 Å². The van der Waals surface area contributed by atoms with Gasteiger partial charge in [0, 0.05) is 17.5 Å². The zero-order valence-corrected chi connectivity index (χ0v) is 20.5. The zero-order valence-electron chi connectivity index (χ0n) is 20.5. The van der Waals surface area contributed by atoms with E-state index < -0.39 is 5.60 Å². The van der Waals surface area contributed by atoms with E-state index in [4.69, 9.17) is 14.2 Å². The lowest BCUT2D eigenvalue weighted by molar-refractivity contribution is -0.156. The largest absolute Gasteiger partial charge is 0.496 e. The van der Waals surface area contributed by atoms with Crippen molar-refractivity contribution in [1.29, 1.82) is 0 Å². The number of esters is 1. The van der Waals surface area contributed by atoms with Gasteiger partial charge >= 0.3 is 5.97 Å². The van der Waals surface area contributed by atoms with Crippen molar-refractivity contribution in [3.05, 3.63) is 36.0 Å². The van der Waals surface area contributed by atoms with Crippen LogP contribution in [0.2, 0.25) is 0 Å². The summed E-state index contributed by atoms with van der Waals surface area (Å²) in [6.07, 6.45) is 7.52. The molecular formula is C27H36N2O4. The Labute approximate surface area is 197 Å². The highest BCUT2D eigenvalue weighted by atomic mass is 16.6. The molecule has 1 aromatic carbocycles. The Morgan fingerprint density at radius 3 is 2.55 bits per heavy atom. The van der Waals surface area contributed by atoms with Gasteiger partial charge in [0.1, 0.15) is 11.4 Å². The number of methoxy groups -OCH3 is 1. The Hall–Kier alpha value is -2.63. The van der Waals surface area contributed by atoms with Gasteiger partial charge in [0.25, 0.3) is 0 Å². The van der Waals surface area contributed by atoms with Crippen molar-refractivity contribution < 1.29 is 19.0 Å². The van der Waals surface area contributed by atoms with Crippen LogP contribution in [-0.2, 0) is 9.53 Å². The van der Waals surface area contributed by atoms with Crippen LogP contribution in [0.25, 0.3) is 11.1 Å². The number of rotatable bonds is 7. The van der Waals surface area contributed by atoms with Gasteiger partial charge in [0.05, 0.1) is 25.8 Å². The third kappa shape index (κ3) is 6.04. The van der Waals surface area contributed by atoms with Crippen LogP contribution in [0, 0.1) is 17.8 Å². The lowest BCUT2D eigenvalue weighted by Gasteiger charge is -2.25. The lowest BCUT2D eigenvalue weighted by Crippen LogP contribution is -2.25. The normalized spacial score (nSPS) is 24.8. The molecule has 0 unspecified atom stereocenters. The van der Waals surface area contributed by atoms with Gasteiger partial charge in [0.15, 0.2) is 0 Å². The van der Waals surface area contributed by atoms with Crippen molar-refractivity contribution in [3.8, 4) is 22.8 Å². The topological polar surface area (TPSA) is 70.5 Å². The van der Waals surface area contributed by atoms with Gasteiger partial charge in [-0.15, -0.1) is 5.10 Å². The first kappa shape index (κ1) is 23.5. The first-order chi connectivity index (χ1) is 15.7. The van der Waals surface area contributed by atoms with Gasteiger partial charge in [0.2, 0.25) is 5.88 Å². The second-order valence-corrected chi connectivity index (χ2v) is 10.7. The second-order valence-electron chi connectivity index (χ2n) is 10.7. The SMILES string of the molecule is COc1ccc(-c2cnnc(OC[C@H]3CC[C@H](C)CC3)c2)cc1[C@@H]1C[C@@H]1C(=O)OC(C)(C)C. The van der Waals surface area contributed by atoms with Crippen molar-refractivity contribution in [2.45, 2.75) is 71.3 Å². The molecule has 0 N–H and O–H groups in total. The number of carbonyl (C=O) groups is 1. The molecule has 0 bridgehead atoms. The fourth-order valence-electron chi connectivity index (χ4n) is 4.65. The summed E-state index contributed by atoms with van der Waals surface area (Å²) in [5.74, 6) is 2.61. The zero-order chi connectivity index (χ0) is 23.6. The standard InChI is InChI=1S/C27H36N2O4/c1-17-6-8-18(9-7-17)16-32-25-13-20(15-28-29-25)19-10-11-24(31-5)22(12-19)21-14-23(21)26(30)33-27(2,3)4/h10-13,15,17-18,21,23H,6-9,14,16H2,1-5H3/t17-,18-,21-,23-/m0/s1. The Kier molecular flexibility index (Phi) is 6.91. The first-order valence-corrected chi connectivity index (χ1v) is 12.1. The molecule has 2 fully saturated rings. The maximum atomic E-state index is 12.5. The average Bonchev–Trinajstić information content (AvgIpc) is 3.58. The maximum absolute atomic E-state index is 12.5. The molecular weight excluding hydrogens is 416 g/mol. The molecule has 6 nitrogen and oxygen atoms in total. The van der Waals surface area contributed by atoms with E-state index in [1.807, 2.05) is 39.0 Å². The summed E-state index contributed by atoms with van der Waals surface area (Å²) >= 11 is 0. The molecule has 178 valence electrons. The molecule has 0 spiro atoms. The molecule has 2 aliphatic carbocycles. The van der Waals surface area contributed by atoms with E-state index in [9.17, 15) is 4.79 Å². The molecule has 0 aliphatic heterocycles. The fraction of sp³-hybridized carbons (Fsp3) is 0.593. The van der Waals surface area contributed by atoms with Crippen LogP contribution in [0.3, 0.4) is 0 Å². The molecule has 0 amide bonds. The predicted octanol–water partition coefficient (Wildman–Crippen LogP) is 5.80. The van der Waals surface area contributed by atoms with E-state index in [1.54, 1.807) is 13.3 Å². The van der Waals surface area contributed by atoms with E-state index in [2.05, 4.69) is 23.2 Å². The maximum Gasteiger partial charge on any atom is 0.310 e. The fourth-order valence-corrected chi connectivity index (χ4v) is 4.65. The number of hydrogen-bond acceptors (Lipinski definition) is 6. The summed E-state index contributed by atoms with van der Waals surface area (Å²) in [7, 11) is 1.66.